The minimum atomic E-state index is 0.0346. The lowest BCUT2D eigenvalue weighted by Crippen LogP contribution is -2.27. The molecule has 0 atom stereocenters. The van der Waals surface area contributed by atoms with Crippen LogP contribution in [-0.2, 0) is 11.3 Å². The fourth-order valence-electron chi connectivity index (χ4n) is 2.30. The number of anilines is 1. The van der Waals surface area contributed by atoms with Gasteiger partial charge in [-0.05, 0) is 24.6 Å². The largest absolute Gasteiger partial charge is 0.385 e. The highest BCUT2D eigenvalue weighted by Crippen LogP contribution is 2.11. The first-order valence-corrected chi connectivity index (χ1v) is 7.69. The van der Waals surface area contributed by atoms with Crippen molar-refractivity contribution < 1.29 is 9.59 Å². The van der Waals surface area contributed by atoms with Crippen LogP contribution < -0.4 is 5.32 Å². The predicted molar refractivity (Wildman–Crippen MR) is 92.5 cm³/mol. The average Bonchev–Trinajstić information content (AvgIpc) is 2.56. The van der Waals surface area contributed by atoms with E-state index in [0.29, 0.717) is 25.1 Å². The van der Waals surface area contributed by atoms with Crippen LogP contribution in [0.3, 0.4) is 0 Å². The first kappa shape index (κ1) is 16.7. The molecule has 1 amide bonds. The van der Waals surface area contributed by atoms with Gasteiger partial charge in [-0.3, -0.25) is 9.59 Å². The smallest absolute Gasteiger partial charge is 0.224 e. The molecule has 4 nitrogen and oxygen atoms in total. The summed E-state index contributed by atoms with van der Waals surface area (Å²) in [5, 5.41) is 3.19. The molecule has 1 N–H and O–H groups in total. The number of carbonyl (C=O) groups excluding carboxylic acids is 2. The molecule has 0 aliphatic rings. The number of benzene rings is 2. The van der Waals surface area contributed by atoms with Crippen LogP contribution >= 0.6 is 0 Å². The molecule has 2 aromatic rings. The zero-order valence-corrected chi connectivity index (χ0v) is 13.6. The maximum absolute atomic E-state index is 12.1. The lowest BCUT2D eigenvalue weighted by atomic mass is 10.1. The molecule has 0 aliphatic heterocycles. The van der Waals surface area contributed by atoms with Gasteiger partial charge in [0, 0.05) is 37.8 Å². The fourth-order valence-corrected chi connectivity index (χ4v) is 2.30. The molecule has 0 radical (unpaired) electrons. The van der Waals surface area contributed by atoms with Gasteiger partial charge in [-0.1, -0.05) is 42.5 Å². The number of nitrogens with zero attached hydrogens (tertiary/aromatic N) is 1. The number of hydrogen-bond donors (Lipinski definition) is 1. The Balaban J connectivity index is 1.80. The Hall–Kier alpha value is -2.62. The molecule has 0 unspecified atom stereocenters. The van der Waals surface area contributed by atoms with Crippen LogP contribution in [0.4, 0.5) is 5.69 Å². The van der Waals surface area contributed by atoms with E-state index in [1.165, 1.54) is 0 Å². The molecule has 0 saturated heterocycles. The maximum atomic E-state index is 12.1. The van der Waals surface area contributed by atoms with Crippen LogP contribution in [0.15, 0.2) is 54.6 Å². The van der Waals surface area contributed by atoms with E-state index in [1.54, 1.807) is 24.0 Å². The van der Waals surface area contributed by atoms with Gasteiger partial charge in [0.15, 0.2) is 5.78 Å². The van der Waals surface area contributed by atoms with E-state index < -0.39 is 0 Å². The molecule has 0 saturated carbocycles. The second-order valence-corrected chi connectivity index (χ2v) is 5.55. The van der Waals surface area contributed by atoms with Crippen molar-refractivity contribution in [3.8, 4) is 0 Å². The van der Waals surface area contributed by atoms with Crippen molar-refractivity contribution >= 4 is 17.4 Å². The third-order valence-electron chi connectivity index (χ3n) is 3.63. The summed E-state index contributed by atoms with van der Waals surface area (Å²) >= 11 is 0. The number of nitrogens with one attached hydrogen (secondary N) is 1. The molecule has 0 heterocycles. The average molecular weight is 310 g/mol. The van der Waals surface area contributed by atoms with Crippen molar-refractivity contribution in [2.75, 3.05) is 18.9 Å². The van der Waals surface area contributed by atoms with Crippen LogP contribution in [0.25, 0.3) is 0 Å². The first-order valence-electron chi connectivity index (χ1n) is 7.69. The highest BCUT2D eigenvalue weighted by atomic mass is 16.2. The minimum absolute atomic E-state index is 0.0346. The Bertz CT molecular complexity index is 668. The molecule has 0 aromatic heterocycles. The lowest BCUT2D eigenvalue weighted by Gasteiger charge is -2.17. The Morgan fingerprint density at radius 3 is 2.48 bits per heavy atom. The minimum Gasteiger partial charge on any atom is -0.385 e. The van der Waals surface area contributed by atoms with Gasteiger partial charge in [-0.25, -0.2) is 0 Å². The zero-order valence-electron chi connectivity index (χ0n) is 13.6. The van der Waals surface area contributed by atoms with Crippen LogP contribution in [-0.4, -0.2) is 30.2 Å². The maximum Gasteiger partial charge on any atom is 0.224 e. The third kappa shape index (κ3) is 5.25. The quantitative estimate of drug-likeness (QED) is 0.798. The Labute approximate surface area is 137 Å². The van der Waals surface area contributed by atoms with E-state index in [1.807, 2.05) is 49.5 Å². The van der Waals surface area contributed by atoms with E-state index in [2.05, 4.69) is 5.32 Å². The van der Waals surface area contributed by atoms with Crippen LogP contribution in [0.2, 0.25) is 0 Å². The Kier molecular flexibility index (Phi) is 5.92. The van der Waals surface area contributed by atoms with Gasteiger partial charge in [0.25, 0.3) is 0 Å². The molecule has 2 rings (SSSR count). The molecular weight excluding hydrogens is 288 g/mol. The standard InChI is InChI=1S/C19H22N2O2/c1-15(22)17-9-6-10-18(13-17)20-12-11-19(23)21(2)14-16-7-4-3-5-8-16/h3-10,13,20H,11-12,14H2,1-2H3. The molecule has 2 aromatic carbocycles. The monoisotopic (exact) mass is 310 g/mol. The van der Waals surface area contributed by atoms with Crippen molar-refractivity contribution in [3.05, 3.63) is 65.7 Å². The molecule has 0 spiro atoms. The van der Waals surface area contributed by atoms with Crippen LogP contribution in [0.1, 0.15) is 29.3 Å². The Morgan fingerprint density at radius 1 is 1.04 bits per heavy atom. The topological polar surface area (TPSA) is 49.4 Å². The number of hydrogen-bond acceptors (Lipinski definition) is 3. The van der Waals surface area contributed by atoms with E-state index in [-0.39, 0.29) is 11.7 Å². The SMILES string of the molecule is CC(=O)c1cccc(NCCC(=O)N(C)Cc2ccccc2)c1. The second-order valence-electron chi connectivity index (χ2n) is 5.55. The van der Waals surface area contributed by atoms with Crippen molar-refractivity contribution in [2.24, 2.45) is 0 Å². The summed E-state index contributed by atoms with van der Waals surface area (Å²) in [5.74, 6) is 0.122. The van der Waals surface area contributed by atoms with Gasteiger partial charge in [0.2, 0.25) is 5.91 Å². The van der Waals surface area contributed by atoms with E-state index in [9.17, 15) is 9.59 Å². The number of amides is 1. The van der Waals surface area contributed by atoms with Gasteiger partial charge < -0.3 is 10.2 Å². The number of carbonyl (C=O) groups is 2. The number of Topliss-reactive ketones (excluding diaryl/α,β-unsaturated/α-hetero) is 1. The van der Waals surface area contributed by atoms with E-state index >= 15 is 0 Å². The summed E-state index contributed by atoms with van der Waals surface area (Å²) in [4.78, 5) is 25.2. The van der Waals surface area contributed by atoms with E-state index in [4.69, 9.17) is 0 Å². The fraction of sp³-hybridized carbons (Fsp3) is 0.263. The third-order valence-corrected chi connectivity index (χ3v) is 3.63. The molecule has 0 fully saturated rings. The number of rotatable bonds is 7. The van der Waals surface area contributed by atoms with E-state index in [0.717, 1.165) is 11.3 Å². The summed E-state index contributed by atoms with van der Waals surface area (Å²) in [6, 6.07) is 17.2. The molecule has 0 bridgehead atoms. The summed E-state index contributed by atoms with van der Waals surface area (Å²) in [6.07, 6.45) is 0.410. The summed E-state index contributed by atoms with van der Waals surface area (Å²) in [7, 11) is 1.81. The molecule has 120 valence electrons. The summed E-state index contributed by atoms with van der Waals surface area (Å²) < 4.78 is 0. The van der Waals surface area contributed by atoms with Crippen LogP contribution in [0, 0.1) is 0 Å². The molecular formula is C19H22N2O2. The summed E-state index contributed by atoms with van der Waals surface area (Å²) in [6.45, 7) is 2.69. The lowest BCUT2D eigenvalue weighted by molar-refractivity contribution is -0.130. The van der Waals surface area contributed by atoms with Gasteiger partial charge in [-0.15, -0.1) is 0 Å². The van der Waals surface area contributed by atoms with Crippen molar-refractivity contribution in [1.82, 2.24) is 4.90 Å². The molecule has 4 heteroatoms. The zero-order chi connectivity index (χ0) is 16.7. The second kappa shape index (κ2) is 8.13. The van der Waals surface area contributed by atoms with Gasteiger partial charge in [0.1, 0.15) is 0 Å². The van der Waals surface area contributed by atoms with Crippen molar-refractivity contribution in [3.63, 3.8) is 0 Å². The molecule has 0 aliphatic carbocycles. The highest BCUT2D eigenvalue weighted by molar-refractivity contribution is 5.94. The normalized spacial score (nSPS) is 10.2. The van der Waals surface area contributed by atoms with Gasteiger partial charge >= 0.3 is 0 Å². The van der Waals surface area contributed by atoms with Gasteiger partial charge in [-0.2, -0.15) is 0 Å². The van der Waals surface area contributed by atoms with Gasteiger partial charge in [0.05, 0.1) is 0 Å². The Morgan fingerprint density at radius 2 is 1.78 bits per heavy atom. The van der Waals surface area contributed by atoms with Crippen LogP contribution in [0.5, 0.6) is 0 Å². The molecule has 23 heavy (non-hydrogen) atoms. The van der Waals surface area contributed by atoms with Crippen molar-refractivity contribution in [2.45, 2.75) is 19.9 Å². The highest BCUT2D eigenvalue weighted by Gasteiger charge is 2.09. The van der Waals surface area contributed by atoms with Crippen molar-refractivity contribution in [1.29, 1.82) is 0 Å². The predicted octanol–water partition coefficient (Wildman–Crippen LogP) is 3.35. The summed E-state index contributed by atoms with van der Waals surface area (Å²) in [5.41, 5.74) is 2.64. The first-order chi connectivity index (χ1) is 11.1. The number of ketones is 1.